The smallest absolute Gasteiger partial charge is 0.405 e. The molecule has 0 saturated heterocycles. The van der Waals surface area contributed by atoms with Crippen molar-refractivity contribution in [1.82, 2.24) is 5.32 Å². The molecule has 90 valence electrons. The number of amides is 1. The lowest BCUT2D eigenvalue weighted by Crippen LogP contribution is -2.53. The molecule has 1 rings (SSSR count). The number of hydrogen-bond donors (Lipinski definition) is 3. The number of ketones is 1. The van der Waals surface area contributed by atoms with Crippen LogP contribution in [0.25, 0.3) is 0 Å². The van der Waals surface area contributed by atoms with Gasteiger partial charge in [0.15, 0.2) is 5.78 Å². The molecule has 1 atom stereocenters. The number of aliphatic hydroxyl groups is 1. The third-order valence-electron chi connectivity index (χ3n) is 2.88. The Labute approximate surface area is 94.2 Å². The first kappa shape index (κ1) is 12.5. The molecule has 3 N–H and O–H groups in total. The van der Waals surface area contributed by atoms with Crippen molar-refractivity contribution in [2.45, 2.75) is 39.2 Å². The summed E-state index contributed by atoms with van der Waals surface area (Å²) in [4.78, 5) is 22.5. The Morgan fingerprint density at radius 2 is 2.00 bits per heavy atom. The molecule has 0 aliphatic heterocycles. The summed E-state index contributed by atoms with van der Waals surface area (Å²) < 4.78 is 0. The quantitative estimate of drug-likeness (QED) is 0.471. The molecule has 0 radical (unpaired) electrons. The molecule has 0 aromatic carbocycles. The monoisotopic (exact) mass is 227 g/mol. The standard InChI is InChI=1S/C11H17NO4/c1-10(2)6-11(3,12-9(15)16)4-7(5-13)8(10)14/h5,12-13H,4,6H2,1-3H3,(H,15,16). The Morgan fingerprint density at radius 3 is 2.44 bits per heavy atom. The number of carboxylic acid groups (broad SMARTS) is 1. The van der Waals surface area contributed by atoms with Crippen LogP contribution in [0.15, 0.2) is 11.8 Å². The number of carbonyl (C=O) groups is 2. The van der Waals surface area contributed by atoms with Crippen LogP contribution in [0.4, 0.5) is 4.79 Å². The molecule has 1 amide bonds. The van der Waals surface area contributed by atoms with Crippen molar-refractivity contribution >= 4 is 11.9 Å². The zero-order chi connectivity index (χ0) is 12.6. The first-order chi connectivity index (χ1) is 7.20. The summed E-state index contributed by atoms with van der Waals surface area (Å²) in [6.45, 7) is 5.23. The van der Waals surface area contributed by atoms with Crippen LogP contribution in [0.2, 0.25) is 0 Å². The maximum Gasteiger partial charge on any atom is 0.405 e. The van der Waals surface area contributed by atoms with Gasteiger partial charge in [0.2, 0.25) is 0 Å². The summed E-state index contributed by atoms with van der Waals surface area (Å²) in [6, 6.07) is 0. The molecule has 1 unspecified atom stereocenters. The summed E-state index contributed by atoms with van der Waals surface area (Å²) in [6.07, 6.45) is 0.302. The van der Waals surface area contributed by atoms with Crippen molar-refractivity contribution < 1.29 is 19.8 Å². The number of nitrogens with one attached hydrogen (secondary N) is 1. The van der Waals surface area contributed by atoms with E-state index in [4.69, 9.17) is 10.2 Å². The number of carbonyl (C=O) groups excluding carboxylic acids is 1. The molecule has 16 heavy (non-hydrogen) atoms. The molecule has 0 aromatic heterocycles. The Morgan fingerprint density at radius 1 is 1.44 bits per heavy atom. The van der Waals surface area contributed by atoms with Crippen molar-refractivity contribution in [3.63, 3.8) is 0 Å². The van der Waals surface area contributed by atoms with Crippen LogP contribution < -0.4 is 5.32 Å². The maximum atomic E-state index is 11.8. The SMILES string of the molecule is CC1(NC(=O)O)CC(=CO)C(=O)C(C)(C)C1. The molecule has 1 aliphatic rings. The predicted molar refractivity (Wildman–Crippen MR) is 58.3 cm³/mol. The highest BCUT2D eigenvalue weighted by Crippen LogP contribution is 2.40. The fourth-order valence-corrected chi connectivity index (χ4v) is 2.50. The van der Waals surface area contributed by atoms with Gasteiger partial charge in [-0.25, -0.2) is 4.79 Å². The minimum atomic E-state index is -1.12. The maximum absolute atomic E-state index is 11.8. The van der Waals surface area contributed by atoms with E-state index in [2.05, 4.69) is 5.32 Å². The van der Waals surface area contributed by atoms with Crippen LogP contribution in [0.5, 0.6) is 0 Å². The molecule has 0 spiro atoms. The topological polar surface area (TPSA) is 86.6 Å². The average molecular weight is 227 g/mol. The van der Waals surface area contributed by atoms with E-state index in [0.717, 1.165) is 6.26 Å². The van der Waals surface area contributed by atoms with Crippen molar-refractivity contribution in [2.24, 2.45) is 5.41 Å². The van der Waals surface area contributed by atoms with Gasteiger partial charge in [0.05, 0.1) is 6.26 Å². The minimum Gasteiger partial charge on any atom is -0.515 e. The molecule has 0 bridgehead atoms. The lowest BCUT2D eigenvalue weighted by molar-refractivity contribution is -0.126. The van der Waals surface area contributed by atoms with Gasteiger partial charge in [-0.05, 0) is 13.3 Å². The molecular formula is C11H17NO4. The van der Waals surface area contributed by atoms with Gasteiger partial charge in [0.25, 0.3) is 0 Å². The molecule has 0 aromatic rings. The van der Waals surface area contributed by atoms with Crippen molar-refractivity contribution in [3.8, 4) is 0 Å². The van der Waals surface area contributed by atoms with Crippen LogP contribution in [0.1, 0.15) is 33.6 Å². The van der Waals surface area contributed by atoms with E-state index in [9.17, 15) is 9.59 Å². The summed E-state index contributed by atoms with van der Waals surface area (Å²) in [5.74, 6) is -0.125. The van der Waals surface area contributed by atoms with Gasteiger partial charge in [-0.1, -0.05) is 13.8 Å². The van der Waals surface area contributed by atoms with Crippen LogP contribution >= 0.6 is 0 Å². The molecule has 1 aliphatic carbocycles. The normalized spacial score (nSPS) is 31.4. The third kappa shape index (κ3) is 2.35. The van der Waals surface area contributed by atoms with Crippen molar-refractivity contribution in [2.75, 3.05) is 0 Å². The third-order valence-corrected chi connectivity index (χ3v) is 2.88. The van der Waals surface area contributed by atoms with Crippen molar-refractivity contribution in [1.29, 1.82) is 0 Å². The Bertz CT molecular complexity index is 359. The van der Waals surface area contributed by atoms with E-state index < -0.39 is 17.0 Å². The second-order valence-corrected chi connectivity index (χ2v) is 5.21. The van der Waals surface area contributed by atoms with E-state index in [1.54, 1.807) is 20.8 Å². The Kier molecular flexibility index (Phi) is 2.99. The second kappa shape index (κ2) is 3.81. The largest absolute Gasteiger partial charge is 0.515 e. The van der Waals surface area contributed by atoms with Gasteiger partial charge in [0.1, 0.15) is 0 Å². The van der Waals surface area contributed by atoms with Crippen LogP contribution in [0.3, 0.4) is 0 Å². The fourth-order valence-electron chi connectivity index (χ4n) is 2.50. The van der Waals surface area contributed by atoms with E-state index >= 15 is 0 Å². The van der Waals surface area contributed by atoms with Crippen LogP contribution in [-0.4, -0.2) is 27.6 Å². The molecule has 5 nitrogen and oxygen atoms in total. The number of rotatable bonds is 1. The van der Waals surface area contributed by atoms with E-state index in [0.29, 0.717) is 6.42 Å². The fraction of sp³-hybridized carbons (Fsp3) is 0.636. The number of hydrogen-bond acceptors (Lipinski definition) is 3. The van der Waals surface area contributed by atoms with Crippen molar-refractivity contribution in [3.05, 3.63) is 11.8 Å². The van der Waals surface area contributed by atoms with Gasteiger partial charge in [-0.15, -0.1) is 0 Å². The van der Waals surface area contributed by atoms with Crippen LogP contribution in [0, 0.1) is 5.41 Å². The zero-order valence-electron chi connectivity index (χ0n) is 9.70. The molecular weight excluding hydrogens is 210 g/mol. The van der Waals surface area contributed by atoms with E-state index in [1.165, 1.54) is 0 Å². The molecule has 1 fully saturated rings. The summed E-state index contributed by atoms with van der Waals surface area (Å²) in [7, 11) is 0. The first-order valence-electron chi connectivity index (χ1n) is 5.09. The average Bonchev–Trinajstić information content (AvgIpc) is 2.09. The summed E-state index contributed by atoms with van der Waals surface area (Å²) in [5, 5.41) is 20.2. The predicted octanol–water partition coefficient (Wildman–Crippen LogP) is 1.84. The van der Waals surface area contributed by atoms with E-state index in [1.807, 2.05) is 0 Å². The zero-order valence-corrected chi connectivity index (χ0v) is 9.70. The van der Waals surface area contributed by atoms with Gasteiger partial charge in [-0.3, -0.25) is 4.79 Å². The number of Topliss-reactive ketones (excluding diaryl/α,β-unsaturated/α-hetero) is 1. The first-order valence-corrected chi connectivity index (χ1v) is 5.09. The van der Waals surface area contributed by atoms with Crippen LogP contribution in [-0.2, 0) is 4.79 Å². The summed E-state index contributed by atoms with van der Waals surface area (Å²) >= 11 is 0. The summed E-state index contributed by atoms with van der Waals surface area (Å²) in [5.41, 5.74) is -1.10. The van der Waals surface area contributed by atoms with E-state index in [-0.39, 0.29) is 17.8 Å². The Balaban J connectivity index is 3.02. The second-order valence-electron chi connectivity index (χ2n) is 5.21. The number of aliphatic hydroxyl groups excluding tert-OH is 1. The highest BCUT2D eigenvalue weighted by Gasteiger charge is 2.45. The van der Waals surface area contributed by atoms with Gasteiger partial charge in [0, 0.05) is 22.9 Å². The lowest BCUT2D eigenvalue weighted by Gasteiger charge is -2.42. The van der Waals surface area contributed by atoms with Gasteiger partial charge in [-0.2, -0.15) is 0 Å². The minimum absolute atomic E-state index is 0.125. The Hall–Kier alpha value is -1.52. The van der Waals surface area contributed by atoms with Gasteiger partial charge < -0.3 is 15.5 Å². The highest BCUT2D eigenvalue weighted by molar-refractivity contribution is 6.00. The lowest BCUT2D eigenvalue weighted by atomic mass is 9.66. The molecule has 5 heteroatoms. The van der Waals surface area contributed by atoms with Gasteiger partial charge >= 0.3 is 6.09 Å². The molecule has 0 heterocycles. The highest BCUT2D eigenvalue weighted by atomic mass is 16.4. The molecule has 1 saturated carbocycles.